The van der Waals surface area contributed by atoms with E-state index in [1.165, 1.54) is 12.3 Å². The van der Waals surface area contributed by atoms with Gasteiger partial charge in [0.2, 0.25) is 5.16 Å². The van der Waals surface area contributed by atoms with Crippen LogP contribution in [-0.4, -0.2) is 32.2 Å². The van der Waals surface area contributed by atoms with Crippen LogP contribution in [-0.2, 0) is 0 Å². The molecule has 5 aromatic rings. The molecule has 0 aliphatic carbocycles. The summed E-state index contributed by atoms with van der Waals surface area (Å²) in [4.78, 5) is 28.2. The molecule has 0 bridgehead atoms. The summed E-state index contributed by atoms with van der Waals surface area (Å²) in [6, 6.07) is 22.9. The number of hydrazone groups is 1. The average molecular weight is 484 g/mol. The summed E-state index contributed by atoms with van der Waals surface area (Å²) >= 11 is 1.07. The van der Waals surface area contributed by atoms with Gasteiger partial charge in [-0.25, -0.2) is 10.4 Å². The minimum absolute atomic E-state index is 0.113. The number of nitrogens with one attached hydrogen (secondary N) is 2. The van der Waals surface area contributed by atoms with Gasteiger partial charge in [-0.2, -0.15) is 5.10 Å². The molecule has 0 saturated carbocycles. The number of benzene rings is 3. The first-order valence-corrected chi connectivity index (χ1v) is 11.1. The SMILES string of the molecule is O=C(N/N=C/c1ccc(Sc2n[nH]c(-c3ccccc3)n2)c([N+](=O)[O-])c1)c1cc2ccccc2o1. The fourth-order valence-corrected chi connectivity index (χ4v) is 4.07. The van der Waals surface area contributed by atoms with E-state index >= 15 is 0 Å². The van der Waals surface area contributed by atoms with Crippen LogP contribution in [0.5, 0.6) is 0 Å². The fourth-order valence-electron chi connectivity index (χ4n) is 3.27. The van der Waals surface area contributed by atoms with Crippen molar-refractivity contribution < 1.29 is 14.1 Å². The van der Waals surface area contributed by atoms with Gasteiger partial charge in [-0.3, -0.25) is 20.0 Å². The molecular weight excluding hydrogens is 468 g/mol. The first-order chi connectivity index (χ1) is 17.1. The molecule has 2 N–H and O–H groups in total. The lowest BCUT2D eigenvalue weighted by molar-refractivity contribution is -0.387. The molecule has 0 fully saturated rings. The van der Waals surface area contributed by atoms with E-state index in [1.54, 1.807) is 24.3 Å². The second-order valence-electron chi connectivity index (χ2n) is 7.27. The third-order valence-corrected chi connectivity index (χ3v) is 5.85. The molecular formula is C24H16N6O4S. The highest BCUT2D eigenvalue weighted by molar-refractivity contribution is 7.99. The van der Waals surface area contributed by atoms with Crippen molar-refractivity contribution in [2.24, 2.45) is 5.10 Å². The van der Waals surface area contributed by atoms with Crippen molar-refractivity contribution in [3.8, 4) is 11.4 Å². The molecule has 2 heterocycles. The molecule has 0 unspecified atom stereocenters. The number of carbonyl (C=O) groups is 1. The van der Waals surface area contributed by atoms with Gasteiger partial charge in [0, 0.05) is 22.6 Å². The summed E-state index contributed by atoms with van der Waals surface area (Å²) in [5.74, 6) is 0.153. The average Bonchev–Trinajstić information content (AvgIpc) is 3.52. The second kappa shape index (κ2) is 9.61. The number of nitro benzene ring substituents is 1. The van der Waals surface area contributed by atoms with Gasteiger partial charge in [0.25, 0.3) is 5.69 Å². The molecule has 3 aromatic carbocycles. The van der Waals surface area contributed by atoms with Crippen molar-refractivity contribution in [2.75, 3.05) is 0 Å². The van der Waals surface area contributed by atoms with Crippen LogP contribution in [0.15, 0.2) is 98.4 Å². The lowest BCUT2D eigenvalue weighted by atomic mass is 10.2. The number of H-pyrrole nitrogens is 1. The van der Waals surface area contributed by atoms with Crippen LogP contribution in [0.25, 0.3) is 22.4 Å². The molecule has 1 amide bonds. The van der Waals surface area contributed by atoms with Gasteiger partial charge >= 0.3 is 5.91 Å². The van der Waals surface area contributed by atoms with Crippen molar-refractivity contribution in [3.05, 3.63) is 100 Å². The maximum Gasteiger partial charge on any atom is 0.307 e. The number of hydrogen-bond donors (Lipinski definition) is 2. The molecule has 0 radical (unpaired) electrons. The Morgan fingerprint density at radius 1 is 1.09 bits per heavy atom. The number of aromatic amines is 1. The number of aromatic nitrogens is 3. The third kappa shape index (κ3) is 4.94. The number of carbonyl (C=O) groups excluding carboxylic acids is 1. The van der Waals surface area contributed by atoms with Crippen LogP contribution in [0, 0.1) is 10.1 Å². The van der Waals surface area contributed by atoms with Crippen molar-refractivity contribution in [1.82, 2.24) is 20.6 Å². The van der Waals surface area contributed by atoms with E-state index in [9.17, 15) is 14.9 Å². The Hall–Kier alpha value is -4.77. The molecule has 35 heavy (non-hydrogen) atoms. The van der Waals surface area contributed by atoms with E-state index in [0.717, 1.165) is 22.7 Å². The number of hydrogen-bond acceptors (Lipinski definition) is 8. The van der Waals surface area contributed by atoms with Gasteiger partial charge < -0.3 is 4.42 Å². The van der Waals surface area contributed by atoms with Crippen LogP contribution < -0.4 is 5.43 Å². The lowest BCUT2D eigenvalue weighted by Gasteiger charge is -2.01. The van der Waals surface area contributed by atoms with E-state index < -0.39 is 10.8 Å². The molecule has 5 rings (SSSR count). The Bertz CT molecular complexity index is 1530. The second-order valence-corrected chi connectivity index (χ2v) is 8.28. The quantitative estimate of drug-likeness (QED) is 0.187. The van der Waals surface area contributed by atoms with Gasteiger partial charge in [0.05, 0.1) is 16.0 Å². The van der Waals surface area contributed by atoms with E-state index in [-0.39, 0.29) is 11.4 Å². The summed E-state index contributed by atoms with van der Waals surface area (Å²) in [7, 11) is 0. The Morgan fingerprint density at radius 3 is 2.69 bits per heavy atom. The van der Waals surface area contributed by atoms with Crippen LogP contribution >= 0.6 is 11.8 Å². The molecule has 10 nitrogen and oxygen atoms in total. The highest BCUT2D eigenvalue weighted by atomic mass is 32.2. The van der Waals surface area contributed by atoms with E-state index in [1.807, 2.05) is 48.5 Å². The minimum Gasteiger partial charge on any atom is -0.451 e. The monoisotopic (exact) mass is 484 g/mol. The third-order valence-electron chi connectivity index (χ3n) is 4.92. The normalized spacial score (nSPS) is 11.2. The standard InChI is InChI=1S/C24H16N6O4S/c31-23(20-13-17-8-4-5-9-19(17)34-20)28-25-14-15-10-11-21(18(12-15)30(32)33)35-24-26-22(27-29-24)16-6-2-1-3-7-16/h1-14H,(H,28,31)(H,26,27,29)/b25-14+. The number of furan rings is 1. The molecule has 11 heteroatoms. The molecule has 0 atom stereocenters. The summed E-state index contributed by atoms with van der Waals surface area (Å²) < 4.78 is 5.49. The smallest absolute Gasteiger partial charge is 0.307 e. The van der Waals surface area contributed by atoms with Crippen molar-refractivity contribution >= 4 is 40.5 Å². The van der Waals surface area contributed by atoms with Gasteiger partial charge in [-0.15, -0.1) is 5.10 Å². The largest absolute Gasteiger partial charge is 0.451 e. The highest BCUT2D eigenvalue weighted by Crippen LogP contribution is 2.34. The van der Waals surface area contributed by atoms with Crippen molar-refractivity contribution in [2.45, 2.75) is 10.1 Å². The number of amides is 1. The Balaban J connectivity index is 1.29. The Kier molecular flexibility index (Phi) is 6.05. The summed E-state index contributed by atoms with van der Waals surface area (Å²) in [5.41, 5.74) is 4.12. The topological polar surface area (TPSA) is 139 Å². The summed E-state index contributed by atoms with van der Waals surface area (Å²) in [6.45, 7) is 0. The number of para-hydroxylation sites is 1. The zero-order chi connectivity index (χ0) is 24.2. The molecule has 2 aromatic heterocycles. The van der Waals surface area contributed by atoms with E-state index in [2.05, 4.69) is 25.7 Å². The van der Waals surface area contributed by atoms with Crippen molar-refractivity contribution in [1.29, 1.82) is 0 Å². The minimum atomic E-state index is -0.530. The predicted octanol–water partition coefficient (Wildman–Crippen LogP) is 5.04. The summed E-state index contributed by atoms with van der Waals surface area (Å²) in [6.07, 6.45) is 1.32. The molecule has 0 saturated heterocycles. The Morgan fingerprint density at radius 2 is 1.89 bits per heavy atom. The number of fused-ring (bicyclic) bond motifs is 1. The molecule has 0 aliphatic rings. The molecule has 0 spiro atoms. The Labute approximate surface area is 202 Å². The van der Waals surface area contributed by atoms with Crippen LogP contribution in [0.3, 0.4) is 0 Å². The number of rotatable bonds is 7. The maximum atomic E-state index is 12.3. The highest BCUT2D eigenvalue weighted by Gasteiger charge is 2.18. The fraction of sp³-hybridized carbons (Fsp3) is 0. The van der Waals surface area contributed by atoms with Crippen molar-refractivity contribution in [3.63, 3.8) is 0 Å². The summed E-state index contributed by atoms with van der Waals surface area (Å²) in [5, 5.41) is 23.7. The van der Waals surface area contributed by atoms with Gasteiger partial charge in [0.15, 0.2) is 11.6 Å². The van der Waals surface area contributed by atoms with Crippen LogP contribution in [0.4, 0.5) is 5.69 Å². The van der Waals surface area contributed by atoms with E-state index in [4.69, 9.17) is 4.42 Å². The zero-order valence-electron chi connectivity index (χ0n) is 17.9. The van der Waals surface area contributed by atoms with Gasteiger partial charge in [-0.05, 0) is 30.0 Å². The maximum absolute atomic E-state index is 12.3. The molecule has 172 valence electrons. The number of nitrogens with zero attached hydrogens (tertiary/aromatic N) is 4. The molecule has 0 aliphatic heterocycles. The number of nitro groups is 1. The van der Waals surface area contributed by atoms with E-state index in [0.29, 0.717) is 27.0 Å². The van der Waals surface area contributed by atoms with Gasteiger partial charge in [0.1, 0.15) is 5.58 Å². The first kappa shape index (κ1) is 22.0. The van der Waals surface area contributed by atoms with Crippen LogP contribution in [0.2, 0.25) is 0 Å². The first-order valence-electron chi connectivity index (χ1n) is 10.3. The predicted molar refractivity (Wildman–Crippen MR) is 130 cm³/mol. The lowest BCUT2D eigenvalue weighted by Crippen LogP contribution is -2.16. The van der Waals surface area contributed by atoms with Crippen LogP contribution in [0.1, 0.15) is 16.1 Å². The zero-order valence-corrected chi connectivity index (χ0v) is 18.7. The van der Waals surface area contributed by atoms with Gasteiger partial charge in [-0.1, -0.05) is 54.6 Å².